The summed E-state index contributed by atoms with van der Waals surface area (Å²) in [6.45, 7) is 12.9. The van der Waals surface area contributed by atoms with E-state index in [2.05, 4.69) is 26.3 Å². The zero-order valence-electron chi connectivity index (χ0n) is 8.99. The van der Waals surface area contributed by atoms with Gasteiger partial charge in [0.05, 0.1) is 0 Å². The van der Waals surface area contributed by atoms with Crippen LogP contribution < -0.4 is 5.50 Å². The van der Waals surface area contributed by atoms with E-state index in [9.17, 15) is 0 Å². The molecule has 0 aliphatic heterocycles. The third kappa shape index (κ3) is 3.25. The summed E-state index contributed by atoms with van der Waals surface area (Å²) < 4.78 is 0. The van der Waals surface area contributed by atoms with Crippen LogP contribution in [0.4, 0.5) is 0 Å². The van der Waals surface area contributed by atoms with Crippen molar-refractivity contribution in [1.82, 2.24) is 0 Å². The van der Waals surface area contributed by atoms with Crippen LogP contribution in [-0.4, -0.2) is 24.6 Å². The van der Waals surface area contributed by atoms with Gasteiger partial charge < -0.3 is 0 Å². The predicted octanol–water partition coefficient (Wildman–Crippen LogP) is 3.16. The minimum atomic E-state index is -2.24. The summed E-state index contributed by atoms with van der Waals surface area (Å²) in [5, 5.41) is 0. The molecule has 0 unspecified atom stereocenters. The molecule has 0 aromatic rings. The molecule has 0 amide bonds. The van der Waals surface area contributed by atoms with E-state index in [1.165, 1.54) is 0 Å². The van der Waals surface area contributed by atoms with Crippen molar-refractivity contribution in [3.05, 3.63) is 50.6 Å². The van der Waals surface area contributed by atoms with E-state index in [-0.39, 0.29) is 0 Å². The topological polar surface area (TPSA) is 26.0 Å². The van der Waals surface area contributed by atoms with Gasteiger partial charge >= 0.3 is 87.5 Å². The van der Waals surface area contributed by atoms with Crippen LogP contribution in [0.2, 0.25) is 0 Å². The molecule has 2 N–H and O–H groups in total. The van der Waals surface area contributed by atoms with Crippen molar-refractivity contribution < 1.29 is 0 Å². The first-order chi connectivity index (χ1) is 6.54. The van der Waals surface area contributed by atoms with Gasteiger partial charge in [-0.25, -0.2) is 0 Å². The van der Waals surface area contributed by atoms with E-state index in [1.807, 2.05) is 24.3 Å². The Balaban J connectivity index is 5.05. The van der Waals surface area contributed by atoms with E-state index in [4.69, 9.17) is 5.50 Å². The quantitative estimate of drug-likeness (QED) is 0.484. The summed E-state index contributed by atoms with van der Waals surface area (Å²) >= 11 is 0. The Morgan fingerprint density at radius 2 is 0.929 bits per heavy atom. The molecule has 0 aliphatic rings. The summed E-state index contributed by atoms with van der Waals surface area (Å²) in [4.78, 5) is 0. The molecule has 0 aromatic heterocycles. The van der Waals surface area contributed by atoms with Crippen LogP contribution in [0.1, 0.15) is 0 Å². The van der Waals surface area contributed by atoms with Crippen LogP contribution in [-0.2, 0) is 0 Å². The zero-order chi connectivity index (χ0) is 11.1. The molecule has 14 heavy (non-hydrogen) atoms. The van der Waals surface area contributed by atoms with Gasteiger partial charge in [-0.3, -0.25) is 0 Å². The number of hydrogen-bond acceptors (Lipinski definition) is 1. The van der Waals surface area contributed by atoms with Crippen LogP contribution in [0.3, 0.4) is 0 Å². The fourth-order valence-corrected chi connectivity index (χ4v) is 5.52. The van der Waals surface area contributed by atoms with Crippen LogP contribution in [0.25, 0.3) is 0 Å². The van der Waals surface area contributed by atoms with E-state index < -0.39 is 6.75 Å². The molecule has 0 aliphatic carbocycles. The summed E-state index contributed by atoms with van der Waals surface area (Å²) in [7, 11) is 0. The molecule has 80 valence electrons. The Morgan fingerprint density at radius 3 is 1.07 bits per heavy atom. The van der Waals surface area contributed by atoms with Crippen molar-refractivity contribution in [2.24, 2.45) is 5.50 Å². The Labute approximate surface area is 88.1 Å². The second-order valence-electron chi connectivity index (χ2n) is 3.96. The Bertz CT molecular complexity index is 191. The predicted molar refractivity (Wildman–Crippen MR) is 71.4 cm³/mol. The first kappa shape index (κ1) is 13.4. The second-order valence-corrected chi connectivity index (χ2v) is 9.56. The molecule has 0 fully saturated rings. The summed E-state index contributed by atoms with van der Waals surface area (Å²) in [5.41, 5.74) is 6.61. The SMILES string of the molecule is C=CCP(N)(CC=C)(CC=C)CC=C. The van der Waals surface area contributed by atoms with E-state index in [0.717, 1.165) is 24.6 Å². The van der Waals surface area contributed by atoms with Crippen LogP contribution in [0, 0.1) is 0 Å². The zero-order valence-corrected chi connectivity index (χ0v) is 9.89. The van der Waals surface area contributed by atoms with Crippen molar-refractivity contribution in [1.29, 1.82) is 0 Å². The van der Waals surface area contributed by atoms with E-state index in [1.54, 1.807) is 0 Å². The molecule has 0 radical (unpaired) electrons. The molecule has 0 spiro atoms. The van der Waals surface area contributed by atoms with Gasteiger partial charge in [0.15, 0.2) is 0 Å². The molecule has 0 rings (SSSR count). The molecule has 1 nitrogen and oxygen atoms in total. The maximum atomic E-state index is 6.61. The molecule has 0 heterocycles. The number of allylic oxidation sites excluding steroid dienone is 4. The van der Waals surface area contributed by atoms with Crippen molar-refractivity contribution >= 4 is 6.75 Å². The number of hydrogen-bond donors (Lipinski definition) is 1. The van der Waals surface area contributed by atoms with Gasteiger partial charge in [0.2, 0.25) is 0 Å². The monoisotopic (exact) mass is 211 g/mol. The number of rotatable bonds is 8. The molecule has 0 aromatic carbocycles. The van der Waals surface area contributed by atoms with Crippen LogP contribution >= 0.6 is 6.75 Å². The maximum absolute atomic E-state index is 6.61. The van der Waals surface area contributed by atoms with Crippen molar-refractivity contribution in [2.75, 3.05) is 24.6 Å². The molecule has 2 heteroatoms. The summed E-state index contributed by atoms with van der Waals surface area (Å²) in [6, 6.07) is 0. The van der Waals surface area contributed by atoms with Crippen LogP contribution in [0.15, 0.2) is 50.6 Å². The molecular weight excluding hydrogens is 189 g/mol. The van der Waals surface area contributed by atoms with Gasteiger partial charge in [-0.2, -0.15) is 0 Å². The standard InChI is InChI=1S/C12H22NP/c1-5-9-14(13,10-6-2,11-7-3)12-8-4/h5-8H,1-4,9-13H2. The third-order valence-electron chi connectivity index (χ3n) is 2.49. The van der Waals surface area contributed by atoms with Crippen molar-refractivity contribution in [3.63, 3.8) is 0 Å². The Hall–Kier alpha value is -0.650. The minimum absolute atomic E-state index is 0.871. The van der Waals surface area contributed by atoms with Gasteiger partial charge in [-0.1, -0.05) is 0 Å². The normalized spacial score (nSPS) is 13.6. The van der Waals surface area contributed by atoms with Gasteiger partial charge in [-0.15, -0.1) is 0 Å². The fourth-order valence-electron chi connectivity index (χ4n) is 1.84. The van der Waals surface area contributed by atoms with Gasteiger partial charge in [0, 0.05) is 0 Å². The Kier molecular flexibility index (Phi) is 5.04. The average molecular weight is 211 g/mol. The number of nitrogens with two attached hydrogens (primary N) is 1. The first-order valence-corrected chi connectivity index (χ1v) is 7.84. The van der Waals surface area contributed by atoms with Gasteiger partial charge in [0.25, 0.3) is 0 Å². The van der Waals surface area contributed by atoms with Gasteiger partial charge in [-0.05, 0) is 0 Å². The molecule has 0 bridgehead atoms. The first-order valence-electron chi connectivity index (χ1n) is 4.79. The van der Waals surface area contributed by atoms with Crippen LogP contribution in [0.5, 0.6) is 0 Å². The average Bonchev–Trinajstić information content (AvgIpc) is 2.05. The fraction of sp³-hybridized carbons (Fsp3) is 0.333. The Morgan fingerprint density at radius 1 is 0.714 bits per heavy atom. The second kappa shape index (κ2) is 5.29. The van der Waals surface area contributed by atoms with E-state index in [0.29, 0.717) is 0 Å². The molecule has 0 saturated carbocycles. The molecule has 0 atom stereocenters. The van der Waals surface area contributed by atoms with Crippen molar-refractivity contribution in [2.45, 2.75) is 0 Å². The third-order valence-corrected chi connectivity index (χ3v) is 7.46. The van der Waals surface area contributed by atoms with E-state index >= 15 is 0 Å². The summed E-state index contributed by atoms with van der Waals surface area (Å²) in [5.74, 6) is 0. The molecule has 0 saturated heterocycles. The van der Waals surface area contributed by atoms with Crippen molar-refractivity contribution in [3.8, 4) is 0 Å². The summed E-state index contributed by atoms with van der Waals surface area (Å²) in [6.07, 6.45) is 11.1. The molecular formula is C12H22NP. The van der Waals surface area contributed by atoms with Gasteiger partial charge in [0.1, 0.15) is 0 Å².